The molecule has 0 bridgehead atoms. The van der Waals surface area contributed by atoms with Crippen LogP contribution in [-0.4, -0.2) is 60.4 Å². The molecule has 2 aliphatic heterocycles. The Morgan fingerprint density at radius 3 is 2.44 bits per heavy atom. The predicted molar refractivity (Wildman–Crippen MR) is 96.7 cm³/mol. The Morgan fingerprint density at radius 2 is 1.85 bits per heavy atom. The van der Waals surface area contributed by atoms with E-state index >= 15 is 0 Å². The molecule has 1 atom stereocenters. The van der Waals surface area contributed by atoms with E-state index in [2.05, 4.69) is 0 Å². The van der Waals surface area contributed by atoms with Gasteiger partial charge in [-0.25, -0.2) is 13.2 Å². The first kappa shape index (κ1) is 19.6. The second-order valence-electron chi connectivity index (χ2n) is 7.16. The number of para-hydroxylation sites is 1. The first-order valence-electron chi connectivity index (χ1n) is 8.92. The highest BCUT2D eigenvalue weighted by Crippen LogP contribution is 2.31. The Kier molecular flexibility index (Phi) is 5.38. The van der Waals surface area contributed by atoms with Crippen LogP contribution >= 0.6 is 0 Å². The van der Waals surface area contributed by atoms with Gasteiger partial charge in [0, 0.05) is 25.2 Å². The smallest absolute Gasteiger partial charge is 0.410 e. The summed E-state index contributed by atoms with van der Waals surface area (Å²) in [5.41, 5.74) is -0.428. The molecule has 0 radical (unpaired) electrons. The number of nitrogens with zero attached hydrogens (tertiary/aromatic N) is 3. The Bertz CT molecular complexity index is 833. The minimum absolute atomic E-state index is 0.0131. The number of benzene rings is 1. The van der Waals surface area contributed by atoms with Crippen LogP contribution in [0.5, 0.6) is 0 Å². The quantitative estimate of drug-likeness (QED) is 0.556. The van der Waals surface area contributed by atoms with Crippen molar-refractivity contribution < 1.29 is 22.9 Å². The molecule has 1 aromatic carbocycles. The summed E-state index contributed by atoms with van der Waals surface area (Å²) in [7, 11) is -3.97. The number of sulfonamides is 1. The fourth-order valence-electron chi connectivity index (χ4n) is 3.71. The third-order valence-electron chi connectivity index (χ3n) is 5.21. The highest BCUT2D eigenvalue weighted by atomic mass is 32.2. The van der Waals surface area contributed by atoms with Crippen molar-refractivity contribution in [3.8, 4) is 0 Å². The Balaban J connectivity index is 1.76. The molecule has 0 N–H and O–H groups in total. The summed E-state index contributed by atoms with van der Waals surface area (Å²) in [5, 5.41) is 11.2. The van der Waals surface area contributed by atoms with Crippen LogP contribution in [0.15, 0.2) is 29.2 Å². The molecule has 1 unspecified atom stereocenters. The van der Waals surface area contributed by atoms with Gasteiger partial charge in [-0.05, 0) is 24.8 Å². The van der Waals surface area contributed by atoms with Gasteiger partial charge >= 0.3 is 6.09 Å². The van der Waals surface area contributed by atoms with E-state index in [1.165, 1.54) is 28.6 Å². The van der Waals surface area contributed by atoms with Crippen LogP contribution in [0.4, 0.5) is 10.5 Å². The zero-order chi connectivity index (χ0) is 19.8. The molecule has 2 saturated heterocycles. The van der Waals surface area contributed by atoms with Crippen LogP contribution < -0.4 is 0 Å². The molecule has 0 saturated carbocycles. The van der Waals surface area contributed by atoms with Crippen molar-refractivity contribution in [2.45, 2.75) is 43.7 Å². The van der Waals surface area contributed by atoms with Crippen molar-refractivity contribution in [3.63, 3.8) is 0 Å². The summed E-state index contributed by atoms with van der Waals surface area (Å²) >= 11 is 0. The van der Waals surface area contributed by atoms with E-state index in [-0.39, 0.29) is 42.1 Å². The maximum atomic E-state index is 12.9. The maximum absolute atomic E-state index is 12.9. The van der Waals surface area contributed by atoms with Gasteiger partial charge in [-0.2, -0.15) is 4.31 Å². The zero-order valence-corrected chi connectivity index (χ0v) is 16.1. The normalized spacial score (nSPS) is 22.3. The van der Waals surface area contributed by atoms with Crippen LogP contribution in [0.3, 0.4) is 0 Å². The predicted octanol–water partition coefficient (Wildman–Crippen LogP) is 2.22. The molecule has 1 aromatic rings. The van der Waals surface area contributed by atoms with Gasteiger partial charge < -0.3 is 4.74 Å². The molecule has 0 spiro atoms. The largest absolute Gasteiger partial charge is 0.447 e. The fraction of sp³-hybridized carbons (Fsp3) is 0.588. The molecule has 0 aromatic heterocycles. The van der Waals surface area contributed by atoms with Crippen molar-refractivity contribution in [1.29, 1.82) is 0 Å². The molecule has 148 valence electrons. The lowest BCUT2D eigenvalue weighted by Gasteiger charge is -2.38. The Morgan fingerprint density at radius 1 is 1.22 bits per heavy atom. The van der Waals surface area contributed by atoms with Crippen LogP contribution in [0, 0.1) is 16.0 Å². The van der Waals surface area contributed by atoms with E-state index in [1.54, 1.807) is 4.90 Å². The van der Waals surface area contributed by atoms with Gasteiger partial charge in [0.15, 0.2) is 4.90 Å². The SMILES string of the molecule is CC(C)C1COC(=O)N1C1CCN(S(=O)(=O)c2ccccc2[N+](=O)[O-])CC1. The molecule has 3 rings (SSSR count). The Hall–Kier alpha value is -2.20. The Labute approximate surface area is 158 Å². The number of piperidine rings is 1. The van der Waals surface area contributed by atoms with E-state index in [0.717, 1.165) is 0 Å². The number of nitro groups is 1. The number of cyclic esters (lactones) is 1. The van der Waals surface area contributed by atoms with Gasteiger partial charge in [0.2, 0.25) is 10.0 Å². The summed E-state index contributed by atoms with van der Waals surface area (Å²) in [6, 6.07) is 5.25. The summed E-state index contributed by atoms with van der Waals surface area (Å²) in [6.07, 6.45) is 0.588. The monoisotopic (exact) mass is 397 g/mol. The molecule has 2 fully saturated rings. The number of hydrogen-bond acceptors (Lipinski definition) is 6. The minimum atomic E-state index is -3.97. The third-order valence-corrected chi connectivity index (χ3v) is 7.16. The standard InChI is InChI=1S/C17H23N3O6S/c1-12(2)15-11-26-17(21)19(15)13-7-9-18(10-8-13)27(24,25)16-6-4-3-5-14(16)20(22)23/h3-6,12-13,15H,7-11H2,1-2H3. The molecule has 1 amide bonds. The van der Waals surface area contributed by atoms with Crippen molar-refractivity contribution in [2.75, 3.05) is 19.7 Å². The lowest BCUT2D eigenvalue weighted by Crippen LogP contribution is -2.50. The van der Waals surface area contributed by atoms with Gasteiger partial charge in [-0.15, -0.1) is 0 Å². The molecule has 2 heterocycles. The summed E-state index contributed by atoms with van der Waals surface area (Å²) in [5.74, 6) is 0.241. The van der Waals surface area contributed by atoms with E-state index in [0.29, 0.717) is 19.4 Å². The second-order valence-corrected chi connectivity index (χ2v) is 9.06. The highest BCUT2D eigenvalue weighted by Gasteiger charge is 2.42. The average Bonchev–Trinajstić information content (AvgIpc) is 3.03. The fourth-order valence-corrected chi connectivity index (χ4v) is 5.33. The van der Waals surface area contributed by atoms with E-state index in [4.69, 9.17) is 4.74 Å². The number of nitro benzene ring substituents is 1. The highest BCUT2D eigenvalue weighted by molar-refractivity contribution is 7.89. The molecule has 2 aliphatic rings. The van der Waals surface area contributed by atoms with E-state index < -0.39 is 20.6 Å². The summed E-state index contributed by atoms with van der Waals surface area (Å²) in [6.45, 7) is 4.80. The maximum Gasteiger partial charge on any atom is 0.410 e. The zero-order valence-electron chi connectivity index (χ0n) is 15.3. The molecular formula is C17H23N3O6S. The lowest BCUT2D eigenvalue weighted by molar-refractivity contribution is -0.387. The number of amides is 1. The first-order chi connectivity index (χ1) is 12.7. The van der Waals surface area contributed by atoms with Crippen molar-refractivity contribution in [1.82, 2.24) is 9.21 Å². The van der Waals surface area contributed by atoms with Gasteiger partial charge in [0.25, 0.3) is 5.69 Å². The van der Waals surface area contributed by atoms with Gasteiger partial charge in [0.05, 0.1) is 11.0 Å². The van der Waals surface area contributed by atoms with Crippen LogP contribution in [0.2, 0.25) is 0 Å². The molecule has 0 aliphatic carbocycles. The van der Waals surface area contributed by atoms with Gasteiger partial charge in [0.1, 0.15) is 6.61 Å². The average molecular weight is 397 g/mol. The number of ether oxygens (including phenoxy) is 1. The molecular weight excluding hydrogens is 374 g/mol. The number of hydrogen-bond donors (Lipinski definition) is 0. The second kappa shape index (κ2) is 7.43. The van der Waals surface area contributed by atoms with Crippen LogP contribution in [0.1, 0.15) is 26.7 Å². The summed E-state index contributed by atoms with van der Waals surface area (Å²) < 4.78 is 32.2. The lowest BCUT2D eigenvalue weighted by atomic mass is 9.98. The molecule has 9 nitrogen and oxygen atoms in total. The number of carbonyl (C=O) groups is 1. The topological polar surface area (TPSA) is 110 Å². The van der Waals surface area contributed by atoms with Crippen LogP contribution in [-0.2, 0) is 14.8 Å². The minimum Gasteiger partial charge on any atom is -0.447 e. The van der Waals surface area contributed by atoms with Crippen LogP contribution in [0.25, 0.3) is 0 Å². The van der Waals surface area contributed by atoms with E-state index in [9.17, 15) is 23.3 Å². The third kappa shape index (κ3) is 3.63. The van der Waals surface area contributed by atoms with Gasteiger partial charge in [-0.1, -0.05) is 26.0 Å². The molecule has 10 heteroatoms. The summed E-state index contributed by atoms with van der Waals surface area (Å²) in [4.78, 5) is 24.0. The van der Waals surface area contributed by atoms with Crippen molar-refractivity contribution >= 4 is 21.8 Å². The first-order valence-corrected chi connectivity index (χ1v) is 10.4. The molecule has 27 heavy (non-hydrogen) atoms. The van der Waals surface area contributed by atoms with Crippen molar-refractivity contribution in [3.05, 3.63) is 34.4 Å². The van der Waals surface area contributed by atoms with Crippen molar-refractivity contribution in [2.24, 2.45) is 5.92 Å². The van der Waals surface area contributed by atoms with Gasteiger partial charge in [-0.3, -0.25) is 15.0 Å². The number of carbonyl (C=O) groups excluding carboxylic acids is 1. The van der Waals surface area contributed by atoms with E-state index in [1.807, 2.05) is 13.8 Å². The number of rotatable bonds is 5.